The number of hydrogen-bond acceptors (Lipinski definition) is 4. The molecular weight excluding hydrogens is 348 g/mol. The number of aryl methyl sites for hydroxylation is 1. The zero-order chi connectivity index (χ0) is 17.2. The van der Waals surface area contributed by atoms with Gasteiger partial charge in [-0.2, -0.15) is 0 Å². The Labute approximate surface area is 156 Å². The Hall–Kier alpha value is -2.31. The molecule has 0 unspecified atom stereocenters. The van der Waals surface area contributed by atoms with E-state index in [-0.39, 0.29) is 12.1 Å². The lowest BCUT2D eigenvalue weighted by Crippen LogP contribution is -2.29. The van der Waals surface area contributed by atoms with Crippen LogP contribution < -0.4 is 5.32 Å². The summed E-state index contributed by atoms with van der Waals surface area (Å²) >= 11 is 7.47. The van der Waals surface area contributed by atoms with Crippen molar-refractivity contribution in [2.45, 2.75) is 25.6 Å². The van der Waals surface area contributed by atoms with Gasteiger partial charge in [0.2, 0.25) is 0 Å². The number of aromatic nitrogens is 2. The maximum atomic E-state index is 5.66. The predicted molar refractivity (Wildman–Crippen MR) is 104 cm³/mol. The Balaban J connectivity index is 1.72. The van der Waals surface area contributed by atoms with Gasteiger partial charge < -0.3 is 10.2 Å². The first-order valence-electron chi connectivity index (χ1n) is 8.16. The Kier molecular flexibility index (Phi) is 4.46. The van der Waals surface area contributed by atoms with Gasteiger partial charge in [0.1, 0.15) is 0 Å². The number of thiocarbonyl (C=S) groups is 1. The van der Waals surface area contributed by atoms with Crippen molar-refractivity contribution in [1.82, 2.24) is 20.2 Å². The van der Waals surface area contributed by atoms with Crippen LogP contribution in [0.15, 0.2) is 60.9 Å². The first-order valence-corrected chi connectivity index (χ1v) is 9.39. The maximum absolute atomic E-state index is 5.66. The molecule has 1 aliphatic heterocycles. The van der Waals surface area contributed by atoms with Crippen LogP contribution in [0.5, 0.6) is 0 Å². The molecule has 0 aromatic carbocycles. The normalized spacial score (nSPS) is 19.9. The molecule has 0 radical (unpaired) electrons. The number of pyridine rings is 2. The number of thiophene rings is 1. The second-order valence-corrected chi connectivity index (χ2v) is 7.73. The van der Waals surface area contributed by atoms with Crippen molar-refractivity contribution < 1.29 is 0 Å². The summed E-state index contributed by atoms with van der Waals surface area (Å²) in [4.78, 5) is 13.8. The van der Waals surface area contributed by atoms with E-state index in [1.165, 1.54) is 9.75 Å². The molecule has 0 amide bonds. The Morgan fingerprint density at radius 1 is 1.08 bits per heavy atom. The van der Waals surface area contributed by atoms with Gasteiger partial charge in [0.05, 0.1) is 30.0 Å². The summed E-state index contributed by atoms with van der Waals surface area (Å²) in [5, 5.41) is 4.22. The highest BCUT2D eigenvalue weighted by Crippen LogP contribution is 2.41. The van der Waals surface area contributed by atoms with Crippen molar-refractivity contribution in [2.75, 3.05) is 0 Å². The average molecular weight is 367 g/mol. The number of hydrogen-bond donors (Lipinski definition) is 1. The minimum atomic E-state index is 0.0375. The Morgan fingerprint density at radius 2 is 1.88 bits per heavy atom. The van der Waals surface area contributed by atoms with Gasteiger partial charge >= 0.3 is 0 Å². The molecule has 4 heterocycles. The van der Waals surface area contributed by atoms with Crippen LogP contribution in [-0.4, -0.2) is 20.0 Å². The first-order chi connectivity index (χ1) is 12.2. The van der Waals surface area contributed by atoms with Gasteiger partial charge in [0, 0.05) is 22.1 Å². The topological polar surface area (TPSA) is 41.1 Å². The van der Waals surface area contributed by atoms with Gasteiger partial charge in [-0.15, -0.1) is 11.3 Å². The molecule has 0 spiro atoms. The molecule has 0 bridgehead atoms. The minimum Gasteiger partial charge on any atom is -0.352 e. The summed E-state index contributed by atoms with van der Waals surface area (Å²) in [7, 11) is 0. The number of nitrogens with zero attached hydrogens (tertiary/aromatic N) is 3. The third kappa shape index (κ3) is 3.27. The molecule has 126 valence electrons. The predicted octanol–water partition coefficient (Wildman–Crippen LogP) is 4.02. The zero-order valence-electron chi connectivity index (χ0n) is 13.8. The van der Waals surface area contributed by atoms with E-state index in [1.54, 1.807) is 0 Å². The van der Waals surface area contributed by atoms with Crippen LogP contribution >= 0.6 is 23.6 Å². The first kappa shape index (κ1) is 16.2. The molecule has 6 heteroatoms. The minimum absolute atomic E-state index is 0.0375. The summed E-state index contributed by atoms with van der Waals surface area (Å²) < 4.78 is 0. The van der Waals surface area contributed by atoms with Crippen LogP contribution in [0.1, 0.15) is 33.2 Å². The summed E-state index contributed by atoms with van der Waals surface area (Å²) in [6.45, 7) is 2.81. The number of nitrogens with one attached hydrogen (secondary N) is 1. The standard InChI is InChI=1S/C19H18N4S2/c1-13-8-9-16(25-13)18-17(15-7-3-5-11-21-15)22-19(24)23(18)12-14-6-2-4-10-20-14/h2-11,17-18H,12H2,1H3,(H,22,24)/t17-,18+/m0/s1. The second-order valence-electron chi connectivity index (χ2n) is 6.02. The number of rotatable bonds is 4. The molecule has 3 aromatic heterocycles. The molecule has 4 rings (SSSR count). The van der Waals surface area contributed by atoms with E-state index in [0.717, 1.165) is 16.5 Å². The highest BCUT2D eigenvalue weighted by molar-refractivity contribution is 7.80. The monoisotopic (exact) mass is 366 g/mol. The van der Waals surface area contributed by atoms with E-state index in [9.17, 15) is 0 Å². The molecular formula is C19H18N4S2. The van der Waals surface area contributed by atoms with Crippen molar-refractivity contribution >= 4 is 28.7 Å². The molecule has 1 fully saturated rings. The van der Waals surface area contributed by atoms with E-state index in [4.69, 9.17) is 12.2 Å². The van der Waals surface area contributed by atoms with Crippen molar-refractivity contribution in [3.05, 3.63) is 82.1 Å². The fourth-order valence-corrected chi connectivity index (χ4v) is 4.50. The van der Waals surface area contributed by atoms with Gasteiger partial charge in [-0.1, -0.05) is 12.1 Å². The van der Waals surface area contributed by atoms with E-state index in [1.807, 2.05) is 54.1 Å². The lowest BCUT2D eigenvalue weighted by molar-refractivity contribution is 0.312. The molecule has 0 saturated carbocycles. The Bertz CT molecular complexity index is 863. The van der Waals surface area contributed by atoms with E-state index in [2.05, 4.69) is 45.3 Å². The van der Waals surface area contributed by atoms with Crippen LogP contribution in [0.4, 0.5) is 0 Å². The molecule has 25 heavy (non-hydrogen) atoms. The third-order valence-electron chi connectivity index (χ3n) is 4.31. The van der Waals surface area contributed by atoms with E-state index in [0.29, 0.717) is 6.54 Å². The van der Waals surface area contributed by atoms with Gasteiger partial charge in [0.15, 0.2) is 5.11 Å². The molecule has 1 N–H and O–H groups in total. The molecule has 1 saturated heterocycles. The lowest BCUT2D eigenvalue weighted by Gasteiger charge is -2.26. The van der Waals surface area contributed by atoms with Crippen molar-refractivity contribution in [3.8, 4) is 0 Å². The summed E-state index contributed by atoms with van der Waals surface area (Å²) in [5.74, 6) is 0. The second kappa shape index (κ2) is 6.90. The fourth-order valence-electron chi connectivity index (χ4n) is 3.16. The van der Waals surface area contributed by atoms with Crippen LogP contribution in [-0.2, 0) is 6.54 Å². The van der Waals surface area contributed by atoms with Crippen molar-refractivity contribution in [2.24, 2.45) is 0 Å². The molecule has 2 atom stereocenters. The largest absolute Gasteiger partial charge is 0.352 e. The van der Waals surface area contributed by atoms with Gasteiger partial charge in [-0.25, -0.2) is 0 Å². The van der Waals surface area contributed by atoms with Crippen LogP contribution in [0.3, 0.4) is 0 Å². The SMILES string of the molecule is Cc1ccc([C@@H]2[C@H](c3ccccn3)NC(=S)N2Cc2ccccn2)s1. The van der Waals surface area contributed by atoms with Crippen molar-refractivity contribution in [3.63, 3.8) is 0 Å². The van der Waals surface area contributed by atoms with Crippen LogP contribution in [0.25, 0.3) is 0 Å². The van der Waals surface area contributed by atoms with Crippen LogP contribution in [0.2, 0.25) is 0 Å². The average Bonchev–Trinajstić information content (AvgIpc) is 3.20. The lowest BCUT2D eigenvalue weighted by atomic mass is 10.0. The molecule has 0 aliphatic carbocycles. The van der Waals surface area contributed by atoms with Gasteiger partial charge in [-0.05, 0) is 55.5 Å². The molecule has 1 aliphatic rings. The summed E-state index contributed by atoms with van der Waals surface area (Å²) in [6.07, 6.45) is 3.65. The molecule has 3 aromatic rings. The van der Waals surface area contributed by atoms with Gasteiger partial charge in [-0.3, -0.25) is 9.97 Å². The zero-order valence-corrected chi connectivity index (χ0v) is 15.4. The smallest absolute Gasteiger partial charge is 0.170 e. The summed E-state index contributed by atoms with van der Waals surface area (Å²) in [5.41, 5.74) is 2.01. The quantitative estimate of drug-likeness (QED) is 0.706. The maximum Gasteiger partial charge on any atom is 0.170 e. The fraction of sp³-hybridized carbons (Fsp3) is 0.211. The van der Waals surface area contributed by atoms with Crippen molar-refractivity contribution in [1.29, 1.82) is 0 Å². The third-order valence-corrected chi connectivity index (χ3v) is 5.73. The van der Waals surface area contributed by atoms with E-state index >= 15 is 0 Å². The highest BCUT2D eigenvalue weighted by atomic mass is 32.1. The Morgan fingerprint density at radius 3 is 2.52 bits per heavy atom. The van der Waals surface area contributed by atoms with Crippen LogP contribution in [0, 0.1) is 6.92 Å². The van der Waals surface area contributed by atoms with Gasteiger partial charge in [0.25, 0.3) is 0 Å². The van der Waals surface area contributed by atoms with E-state index < -0.39 is 0 Å². The molecule has 4 nitrogen and oxygen atoms in total. The highest BCUT2D eigenvalue weighted by Gasteiger charge is 2.40. The summed E-state index contributed by atoms with van der Waals surface area (Å²) in [6, 6.07) is 16.5.